The first-order valence-electron chi connectivity index (χ1n) is 7.28. The molecule has 0 saturated carbocycles. The highest BCUT2D eigenvalue weighted by atomic mass is 19.4. The number of nitrogens with zero attached hydrogens (tertiary/aromatic N) is 1. The first-order valence-corrected chi connectivity index (χ1v) is 7.28. The highest BCUT2D eigenvalue weighted by Crippen LogP contribution is 2.37. The van der Waals surface area contributed by atoms with Crippen LogP contribution in [0.25, 0.3) is 0 Å². The van der Waals surface area contributed by atoms with E-state index in [-0.39, 0.29) is 5.92 Å². The van der Waals surface area contributed by atoms with Crippen LogP contribution in [0.3, 0.4) is 0 Å². The minimum Gasteiger partial charge on any atom is -0.399 e. The molecule has 3 nitrogen and oxygen atoms in total. The van der Waals surface area contributed by atoms with E-state index in [0.29, 0.717) is 11.2 Å². The molecule has 1 fully saturated rings. The summed E-state index contributed by atoms with van der Waals surface area (Å²) in [6.07, 6.45) is -4.50. The van der Waals surface area contributed by atoms with Gasteiger partial charge in [0.25, 0.3) is 0 Å². The average Bonchev–Trinajstić information content (AvgIpc) is 2.57. The zero-order valence-electron chi connectivity index (χ0n) is 13.7. The number of aromatic nitrogens is 1. The third kappa shape index (κ3) is 3.15. The first-order chi connectivity index (χ1) is 9.83. The minimum absolute atomic E-state index is 0.122. The van der Waals surface area contributed by atoms with Gasteiger partial charge in [-0.05, 0) is 51.2 Å². The summed E-state index contributed by atoms with van der Waals surface area (Å²) in [5.74, 6) is -0.122. The molecule has 0 bridgehead atoms. The van der Waals surface area contributed by atoms with Gasteiger partial charge >= 0.3 is 13.3 Å². The van der Waals surface area contributed by atoms with E-state index in [4.69, 9.17) is 9.31 Å². The molecule has 2 heterocycles. The molecule has 0 spiro atoms. The van der Waals surface area contributed by atoms with Gasteiger partial charge in [0.15, 0.2) is 0 Å². The predicted molar refractivity (Wildman–Crippen MR) is 79.0 cm³/mol. The zero-order valence-corrected chi connectivity index (χ0v) is 13.7. The van der Waals surface area contributed by atoms with Crippen molar-refractivity contribution >= 4 is 12.6 Å². The van der Waals surface area contributed by atoms with Crippen LogP contribution in [0.1, 0.15) is 58.8 Å². The molecule has 2 rings (SSSR count). The fourth-order valence-corrected chi connectivity index (χ4v) is 2.13. The van der Waals surface area contributed by atoms with Crippen molar-refractivity contribution in [2.45, 2.75) is 64.8 Å². The Labute approximate surface area is 129 Å². The Kier molecular flexibility index (Phi) is 4.11. The molecule has 22 heavy (non-hydrogen) atoms. The molecule has 0 aliphatic carbocycles. The van der Waals surface area contributed by atoms with Crippen molar-refractivity contribution in [3.05, 3.63) is 23.5 Å². The van der Waals surface area contributed by atoms with Crippen LogP contribution >= 0.6 is 0 Å². The highest BCUT2D eigenvalue weighted by Gasteiger charge is 2.52. The molecule has 1 aromatic heterocycles. The molecule has 0 atom stereocenters. The predicted octanol–water partition coefficient (Wildman–Crippen LogP) is 3.52. The summed E-state index contributed by atoms with van der Waals surface area (Å²) in [5.41, 5.74) is -1.39. The number of rotatable bonds is 2. The molecule has 1 saturated heterocycles. The quantitative estimate of drug-likeness (QED) is 0.783. The molecular weight excluding hydrogens is 294 g/mol. The Morgan fingerprint density at radius 2 is 1.55 bits per heavy atom. The van der Waals surface area contributed by atoms with E-state index >= 15 is 0 Å². The van der Waals surface area contributed by atoms with Gasteiger partial charge in [-0.1, -0.05) is 13.8 Å². The lowest BCUT2D eigenvalue weighted by molar-refractivity contribution is -0.141. The van der Waals surface area contributed by atoms with Crippen LogP contribution in [0, 0.1) is 0 Å². The van der Waals surface area contributed by atoms with Crippen LogP contribution in [0.2, 0.25) is 0 Å². The monoisotopic (exact) mass is 315 g/mol. The molecule has 1 aliphatic heterocycles. The van der Waals surface area contributed by atoms with E-state index in [2.05, 4.69) is 4.98 Å². The number of alkyl halides is 3. The van der Waals surface area contributed by atoms with Crippen molar-refractivity contribution in [3.63, 3.8) is 0 Å². The number of hydrogen-bond acceptors (Lipinski definition) is 3. The Hall–Kier alpha value is -1.08. The maximum absolute atomic E-state index is 13.1. The molecule has 0 unspecified atom stereocenters. The van der Waals surface area contributed by atoms with Crippen molar-refractivity contribution < 1.29 is 22.5 Å². The van der Waals surface area contributed by atoms with Gasteiger partial charge in [-0.3, -0.25) is 0 Å². The largest absolute Gasteiger partial charge is 0.494 e. The van der Waals surface area contributed by atoms with Gasteiger partial charge in [0.2, 0.25) is 0 Å². The van der Waals surface area contributed by atoms with Crippen LogP contribution < -0.4 is 5.46 Å². The maximum Gasteiger partial charge on any atom is 0.494 e. The van der Waals surface area contributed by atoms with E-state index in [9.17, 15) is 13.2 Å². The summed E-state index contributed by atoms with van der Waals surface area (Å²) < 4.78 is 50.8. The van der Waals surface area contributed by atoms with Crippen molar-refractivity contribution in [2.24, 2.45) is 0 Å². The van der Waals surface area contributed by atoms with Gasteiger partial charge in [0.05, 0.1) is 11.2 Å². The van der Waals surface area contributed by atoms with E-state index < -0.39 is 30.2 Å². The smallest absolute Gasteiger partial charge is 0.399 e. The van der Waals surface area contributed by atoms with Crippen LogP contribution in [0.4, 0.5) is 13.2 Å². The summed E-state index contributed by atoms with van der Waals surface area (Å²) in [6.45, 7) is 11.1. The summed E-state index contributed by atoms with van der Waals surface area (Å²) >= 11 is 0. The van der Waals surface area contributed by atoms with Gasteiger partial charge in [-0.2, -0.15) is 13.2 Å². The van der Waals surface area contributed by atoms with Crippen molar-refractivity contribution in [1.82, 2.24) is 4.98 Å². The zero-order chi connectivity index (χ0) is 16.9. The van der Waals surface area contributed by atoms with Crippen LogP contribution in [-0.4, -0.2) is 23.3 Å². The second-order valence-corrected chi connectivity index (χ2v) is 6.95. The molecular formula is C15H21BF3NO2. The van der Waals surface area contributed by atoms with E-state index in [1.54, 1.807) is 19.9 Å². The van der Waals surface area contributed by atoms with E-state index in [1.165, 1.54) is 0 Å². The summed E-state index contributed by atoms with van der Waals surface area (Å²) in [4.78, 5) is 3.71. The Morgan fingerprint density at radius 3 is 1.95 bits per heavy atom. The molecule has 0 aromatic carbocycles. The highest BCUT2D eigenvalue weighted by molar-refractivity contribution is 6.62. The molecule has 1 aliphatic rings. The average molecular weight is 315 g/mol. The van der Waals surface area contributed by atoms with Crippen molar-refractivity contribution in [2.75, 3.05) is 0 Å². The van der Waals surface area contributed by atoms with Gasteiger partial charge in [-0.15, -0.1) is 0 Å². The van der Waals surface area contributed by atoms with Gasteiger partial charge in [0, 0.05) is 5.69 Å². The molecule has 7 heteroatoms. The van der Waals surface area contributed by atoms with E-state index in [0.717, 1.165) is 6.07 Å². The van der Waals surface area contributed by atoms with Crippen molar-refractivity contribution in [1.29, 1.82) is 0 Å². The van der Waals surface area contributed by atoms with Crippen LogP contribution in [0.5, 0.6) is 0 Å². The molecule has 1 aromatic rings. The number of pyridine rings is 1. The fourth-order valence-electron chi connectivity index (χ4n) is 2.13. The second kappa shape index (κ2) is 5.23. The van der Waals surface area contributed by atoms with Crippen LogP contribution in [-0.2, 0) is 15.5 Å². The van der Waals surface area contributed by atoms with Gasteiger partial charge < -0.3 is 9.31 Å². The lowest BCUT2D eigenvalue weighted by atomic mass is 9.78. The Bertz CT molecular complexity index is 554. The number of hydrogen-bond donors (Lipinski definition) is 0. The third-order valence-electron chi connectivity index (χ3n) is 4.27. The van der Waals surface area contributed by atoms with E-state index in [1.807, 2.05) is 27.7 Å². The molecule has 0 amide bonds. The summed E-state index contributed by atoms with van der Waals surface area (Å²) in [7, 11) is -0.827. The van der Waals surface area contributed by atoms with Gasteiger partial charge in [0.1, 0.15) is 5.69 Å². The normalized spacial score (nSPS) is 20.7. The second-order valence-electron chi connectivity index (χ2n) is 6.95. The fraction of sp³-hybridized carbons (Fsp3) is 0.667. The van der Waals surface area contributed by atoms with Crippen LogP contribution in [0.15, 0.2) is 12.1 Å². The molecule has 122 valence electrons. The van der Waals surface area contributed by atoms with Crippen molar-refractivity contribution in [3.8, 4) is 0 Å². The minimum atomic E-state index is -4.50. The third-order valence-corrected chi connectivity index (χ3v) is 4.27. The maximum atomic E-state index is 13.1. The summed E-state index contributed by atoms with van der Waals surface area (Å²) in [5, 5.41) is 0. The Morgan fingerprint density at radius 1 is 1.05 bits per heavy atom. The molecule has 0 N–H and O–H groups in total. The SMILES string of the molecule is CC(C)c1cc(B2OC(C)(C)C(C)(C)O2)cc(C(F)(F)F)n1. The lowest BCUT2D eigenvalue weighted by Crippen LogP contribution is -2.41. The first kappa shape index (κ1) is 17.3. The van der Waals surface area contributed by atoms with Gasteiger partial charge in [-0.25, -0.2) is 4.98 Å². The summed E-state index contributed by atoms with van der Waals surface area (Å²) in [6, 6.07) is 2.64. The number of halogens is 3. The lowest BCUT2D eigenvalue weighted by Gasteiger charge is -2.32. The molecule has 0 radical (unpaired) electrons. The Balaban J connectivity index is 2.46. The standard InChI is InChI=1S/C15H21BF3NO2/c1-9(2)11-7-10(8-12(20-11)15(17,18)19)16-21-13(3,4)14(5,6)22-16/h7-9H,1-6H3. The topological polar surface area (TPSA) is 31.4 Å².